The Bertz CT molecular complexity index is 779. The van der Waals surface area contributed by atoms with E-state index in [0.29, 0.717) is 17.7 Å². The molecule has 0 aromatic heterocycles. The molecule has 0 spiro atoms. The Balaban J connectivity index is 1.94. The van der Waals surface area contributed by atoms with E-state index in [-0.39, 0.29) is 11.7 Å². The number of nitriles is 1. The number of nitrogens with zero attached hydrogens (tertiary/aromatic N) is 1. The third-order valence-electron chi connectivity index (χ3n) is 3.13. The van der Waals surface area contributed by atoms with Crippen LogP contribution in [0.5, 0.6) is 5.75 Å². The summed E-state index contributed by atoms with van der Waals surface area (Å²) in [5.74, 6) is -0.629. The molecule has 2 aromatic carbocycles. The van der Waals surface area contributed by atoms with Crippen LogP contribution in [0.25, 0.3) is 6.08 Å². The van der Waals surface area contributed by atoms with E-state index in [1.807, 2.05) is 12.1 Å². The lowest BCUT2D eigenvalue weighted by atomic mass is 10.1. The lowest BCUT2D eigenvalue weighted by Gasteiger charge is -2.03. The zero-order valence-corrected chi connectivity index (χ0v) is 12.5. The van der Waals surface area contributed by atoms with Crippen LogP contribution in [0.4, 0.5) is 4.39 Å². The first-order valence-electron chi connectivity index (χ1n) is 6.91. The molecule has 2 aromatic rings. The van der Waals surface area contributed by atoms with Gasteiger partial charge < -0.3 is 10.1 Å². The Morgan fingerprint density at radius 3 is 2.87 bits per heavy atom. The smallest absolute Gasteiger partial charge is 0.244 e. The fourth-order valence-corrected chi connectivity index (χ4v) is 1.96. The van der Waals surface area contributed by atoms with Crippen molar-refractivity contribution >= 4 is 12.0 Å². The van der Waals surface area contributed by atoms with Crippen LogP contribution in [-0.4, -0.2) is 13.0 Å². The molecule has 0 atom stereocenters. The van der Waals surface area contributed by atoms with E-state index >= 15 is 0 Å². The third kappa shape index (κ3) is 4.68. The van der Waals surface area contributed by atoms with Gasteiger partial charge in [-0.25, -0.2) is 4.39 Å². The molecule has 0 saturated heterocycles. The minimum Gasteiger partial charge on any atom is -0.494 e. The van der Waals surface area contributed by atoms with Crippen LogP contribution in [0.3, 0.4) is 0 Å². The average Bonchev–Trinajstić information content (AvgIpc) is 2.58. The van der Waals surface area contributed by atoms with Crippen molar-refractivity contribution in [3.63, 3.8) is 0 Å². The second-order valence-electron chi connectivity index (χ2n) is 4.76. The van der Waals surface area contributed by atoms with Crippen LogP contribution in [0.2, 0.25) is 0 Å². The summed E-state index contributed by atoms with van der Waals surface area (Å²) >= 11 is 0. The van der Waals surface area contributed by atoms with Gasteiger partial charge in [0.1, 0.15) is 0 Å². The van der Waals surface area contributed by atoms with Crippen molar-refractivity contribution in [3.8, 4) is 11.8 Å². The van der Waals surface area contributed by atoms with Crippen LogP contribution in [0.1, 0.15) is 16.7 Å². The number of amides is 1. The van der Waals surface area contributed by atoms with Crippen LogP contribution < -0.4 is 10.1 Å². The fourth-order valence-electron chi connectivity index (χ4n) is 1.96. The molecule has 0 unspecified atom stereocenters. The number of hydrogen-bond acceptors (Lipinski definition) is 3. The second kappa shape index (κ2) is 7.76. The van der Waals surface area contributed by atoms with E-state index in [9.17, 15) is 9.18 Å². The number of nitrogens with one attached hydrogen (secondary N) is 1. The van der Waals surface area contributed by atoms with Crippen LogP contribution in [-0.2, 0) is 11.3 Å². The van der Waals surface area contributed by atoms with E-state index in [0.717, 1.165) is 5.56 Å². The topological polar surface area (TPSA) is 62.1 Å². The molecule has 4 nitrogen and oxygen atoms in total. The third-order valence-corrected chi connectivity index (χ3v) is 3.13. The molecule has 0 aliphatic heterocycles. The van der Waals surface area contributed by atoms with Gasteiger partial charge in [0.05, 0.1) is 18.7 Å². The quantitative estimate of drug-likeness (QED) is 0.863. The maximum Gasteiger partial charge on any atom is 0.244 e. The number of methoxy groups -OCH3 is 1. The molecule has 1 N–H and O–H groups in total. The Hall–Kier alpha value is -3.13. The van der Waals surface area contributed by atoms with Crippen molar-refractivity contribution in [2.75, 3.05) is 7.11 Å². The summed E-state index contributed by atoms with van der Waals surface area (Å²) in [4.78, 5) is 11.8. The van der Waals surface area contributed by atoms with Crippen molar-refractivity contribution < 1.29 is 13.9 Å². The predicted octanol–water partition coefficient (Wildman–Crippen LogP) is 3.04. The summed E-state index contributed by atoms with van der Waals surface area (Å²) in [5.41, 5.74) is 1.94. The number of carbonyl (C=O) groups is 1. The molecule has 0 aliphatic carbocycles. The summed E-state index contributed by atoms with van der Waals surface area (Å²) in [5, 5.41) is 11.5. The summed E-state index contributed by atoms with van der Waals surface area (Å²) in [6.45, 7) is 0.315. The lowest BCUT2D eigenvalue weighted by molar-refractivity contribution is -0.116. The molecule has 23 heavy (non-hydrogen) atoms. The van der Waals surface area contributed by atoms with Crippen molar-refractivity contribution in [1.82, 2.24) is 5.32 Å². The van der Waals surface area contributed by atoms with E-state index in [2.05, 4.69) is 5.32 Å². The predicted molar refractivity (Wildman–Crippen MR) is 85.0 cm³/mol. The van der Waals surface area contributed by atoms with Crippen molar-refractivity contribution in [2.24, 2.45) is 0 Å². The van der Waals surface area contributed by atoms with Gasteiger partial charge >= 0.3 is 0 Å². The molecule has 0 bridgehead atoms. The monoisotopic (exact) mass is 310 g/mol. The van der Waals surface area contributed by atoms with E-state index in [4.69, 9.17) is 10.00 Å². The first kappa shape index (κ1) is 16.2. The average molecular weight is 310 g/mol. The van der Waals surface area contributed by atoms with Crippen molar-refractivity contribution in [1.29, 1.82) is 5.26 Å². The van der Waals surface area contributed by atoms with Gasteiger partial charge in [0, 0.05) is 12.6 Å². The van der Waals surface area contributed by atoms with E-state index in [1.165, 1.54) is 31.4 Å². The Morgan fingerprint density at radius 2 is 2.17 bits per heavy atom. The largest absolute Gasteiger partial charge is 0.494 e. The standard InChI is InChI=1S/C18H15FN2O2/c1-23-17-7-5-13(10-16(17)19)6-8-18(22)21-12-15-4-2-3-14(9-15)11-20/h2-10H,12H2,1H3,(H,21,22). The highest BCUT2D eigenvalue weighted by atomic mass is 19.1. The fraction of sp³-hybridized carbons (Fsp3) is 0.111. The summed E-state index contributed by atoms with van der Waals surface area (Å²) < 4.78 is 18.4. The number of hydrogen-bond donors (Lipinski definition) is 1. The minimum absolute atomic E-state index is 0.156. The summed E-state index contributed by atoms with van der Waals surface area (Å²) in [6.07, 6.45) is 2.85. The summed E-state index contributed by atoms with van der Waals surface area (Å²) in [6, 6.07) is 13.5. The Morgan fingerprint density at radius 1 is 1.35 bits per heavy atom. The van der Waals surface area contributed by atoms with Crippen LogP contribution in [0.15, 0.2) is 48.5 Å². The van der Waals surface area contributed by atoms with Gasteiger partial charge in [0.2, 0.25) is 5.91 Å². The van der Waals surface area contributed by atoms with E-state index < -0.39 is 5.82 Å². The number of benzene rings is 2. The first-order chi connectivity index (χ1) is 11.1. The number of carbonyl (C=O) groups excluding carboxylic acids is 1. The number of ether oxygens (including phenoxy) is 1. The van der Waals surface area contributed by atoms with Gasteiger partial charge in [-0.2, -0.15) is 5.26 Å². The van der Waals surface area contributed by atoms with Gasteiger partial charge in [0.15, 0.2) is 11.6 Å². The highest BCUT2D eigenvalue weighted by molar-refractivity contribution is 5.91. The summed E-state index contributed by atoms with van der Waals surface area (Å²) in [7, 11) is 1.39. The Kier molecular flexibility index (Phi) is 5.48. The van der Waals surface area contributed by atoms with Crippen LogP contribution in [0, 0.1) is 17.1 Å². The van der Waals surface area contributed by atoms with Crippen LogP contribution >= 0.6 is 0 Å². The van der Waals surface area contributed by atoms with Gasteiger partial charge in [-0.05, 0) is 41.5 Å². The molecular formula is C18H15FN2O2. The molecular weight excluding hydrogens is 295 g/mol. The molecule has 1 amide bonds. The van der Waals surface area contributed by atoms with Gasteiger partial charge in [-0.15, -0.1) is 0 Å². The van der Waals surface area contributed by atoms with Gasteiger partial charge in [-0.3, -0.25) is 4.79 Å². The normalized spacial score (nSPS) is 10.3. The highest BCUT2D eigenvalue weighted by Gasteiger charge is 2.02. The molecule has 2 rings (SSSR count). The maximum atomic E-state index is 13.5. The molecule has 0 fully saturated rings. The van der Waals surface area contributed by atoms with Crippen molar-refractivity contribution in [2.45, 2.75) is 6.54 Å². The van der Waals surface area contributed by atoms with Gasteiger partial charge in [0.25, 0.3) is 0 Å². The number of rotatable bonds is 5. The van der Waals surface area contributed by atoms with Gasteiger partial charge in [-0.1, -0.05) is 18.2 Å². The number of halogens is 1. The SMILES string of the molecule is COc1ccc(C=CC(=O)NCc2cccc(C#N)c2)cc1F. The maximum absolute atomic E-state index is 13.5. The zero-order chi connectivity index (χ0) is 16.7. The molecule has 116 valence electrons. The highest BCUT2D eigenvalue weighted by Crippen LogP contribution is 2.18. The second-order valence-corrected chi connectivity index (χ2v) is 4.76. The molecule has 0 radical (unpaired) electrons. The molecule has 0 aliphatic rings. The molecule has 0 heterocycles. The van der Waals surface area contributed by atoms with Crippen molar-refractivity contribution in [3.05, 3.63) is 71.0 Å². The Labute approximate surface area is 133 Å². The van der Waals surface area contributed by atoms with E-state index in [1.54, 1.807) is 24.3 Å². The minimum atomic E-state index is -0.483. The first-order valence-corrected chi connectivity index (χ1v) is 6.91. The molecule has 0 saturated carbocycles. The zero-order valence-electron chi connectivity index (χ0n) is 12.5. The lowest BCUT2D eigenvalue weighted by Crippen LogP contribution is -2.20. The molecule has 5 heteroatoms.